The van der Waals surface area contributed by atoms with E-state index in [-0.39, 0.29) is 40.3 Å². The summed E-state index contributed by atoms with van der Waals surface area (Å²) in [6.45, 7) is 6.20. The Kier molecular flexibility index (Phi) is 10.0. The van der Waals surface area contributed by atoms with Gasteiger partial charge in [0.05, 0.1) is 24.4 Å². The summed E-state index contributed by atoms with van der Waals surface area (Å²) >= 11 is 0. The maximum atomic E-state index is 15.0. The molecule has 9 nitrogen and oxygen atoms in total. The van der Waals surface area contributed by atoms with E-state index in [2.05, 4.69) is 20.8 Å². The minimum absolute atomic E-state index is 0.171. The number of methoxy groups -OCH3 is 2. The maximum Gasteiger partial charge on any atom is 0.316 e. The SMILES string of the molecule is COC(=O)C[C@H]1CCC[C@@H]1[C@](CN1CCC1)(c1cccc(F)c1)C1CCN(CC2(C(=O)OC)CN(c3ccc(S(=O)(=O)C4CC4)cc3)C2)CC1. The third-order valence-electron chi connectivity index (χ3n) is 12.7. The molecule has 0 radical (unpaired) electrons. The Hall–Kier alpha value is -3.02. The highest BCUT2D eigenvalue weighted by Crippen LogP contribution is 2.54. The number of carbonyl (C=O) groups is 2. The van der Waals surface area contributed by atoms with Gasteiger partial charge in [0, 0.05) is 43.7 Å². The lowest BCUT2D eigenvalue weighted by atomic mass is 9.56. The Morgan fingerprint density at radius 3 is 2.20 bits per heavy atom. The van der Waals surface area contributed by atoms with E-state index < -0.39 is 15.3 Å². The summed E-state index contributed by atoms with van der Waals surface area (Å²) < 4.78 is 50.9. The van der Waals surface area contributed by atoms with E-state index in [0.29, 0.717) is 36.9 Å². The zero-order valence-corrected chi connectivity index (χ0v) is 30.3. The van der Waals surface area contributed by atoms with Crippen molar-refractivity contribution in [1.82, 2.24) is 9.80 Å². The van der Waals surface area contributed by atoms with Crippen molar-refractivity contribution in [2.45, 2.75) is 73.3 Å². The first-order valence-electron chi connectivity index (χ1n) is 18.5. The molecule has 2 saturated carbocycles. The van der Waals surface area contributed by atoms with Crippen molar-refractivity contribution in [2.24, 2.45) is 23.2 Å². The minimum atomic E-state index is -3.25. The first kappa shape index (κ1) is 35.4. The van der Waals surface area contributed by atoms with E-state index in [1.807, 2.05) is 18.2 Å². The fourth-order valence-corrected chi connectivity index (χ4v) is 11.5. The molecular weight excluding hydrogens is 658 g/mol. The Morgan fingerprint density at radius 1 is 0.880 bits per heavy atom. The summed E-state index contributed by atoms with van der Waals surface area (Å²) in [7, 11) is -0.342. The molecule has 2 aromatic carbocycles. The molecule has 3 saturated heterocycles. The molecule has 0 unspecified atom stereocenters. The molecule has 3 atom stereocenters. The second-order valence-electron chi connectivity index (χ2n) is 15.7. The molecule has 5 fully saturated rings. The Bertz CT molecular complexity index is 1650. The van der Waals surface area contributed by atoms with Gasteiger partial charge < -0.3 is 24.2 Å². The maximum absolute atomic E-state index is 15.0. The quantitative estimate of drug-likeness (QED) is 0.264. The molecule has 3 heterocycles. The molecule has 7 rings (SSSR count). The van der Waals surface area contributed by atoms with Gasteiger partial charge in [0.25, 0.3) is 0 Å². The molecular formula is C39H52FN3O6S. The van der Waals surface area contributed by atoms with Crippen molar-refractivity contribution in [3.05, 3.63) is 59.9 Å². The molecule has 2 aromatic rings. The molecule has 272 valence electrons. The van der Waals surface area contributed by atoms with Crippen molar-refractivity contribution >= 4 is 27.5 Å². The topological polar surface area (TPSA) is 96.5 Å². The summed E-state index contributed by atoms with van der Waals surface area (Å²) in [6, 6.07) is 14.3. The van der Waals surface area contributed by atoms with E-state index in [9.17, 15) is 18.0 Å². The van der Waals surface area contributed by atoms with E-state index >= 15 is 4.39 Å². The number of piperidine rings is 1. The van der Waals surface area contributed by atoms with Gasteiger partial charge in [-0.15, -0.1) is 0 Å². The van der Waals surface area contributed by atoms with Crippen LogP contribution in [-0.4, -0.2) is 102 Å². The predicted molar refractivity (Wildman–Crippen MR) is 189 cm³/mol. The molecule has 0 N–H and O–H groups in total. The minimum Gasteiger partial charge on any atom is -0.469 e. The fourth-order valence-electron chi connectivity index (χ4n) is 9.86. The molecule has 2 aliphatic carbocycles. The van der Waals surface area contributed by atoms with Gasteiger partial charge in [-0.3, -0.25) is 9.59 Å². The summed E-state index contributed by atoms with van der Waals surface area (Å²) in [6.07, 6.45) is 7.92. The number of hydrogen-bond donors (Lipinski definition) is 0. The van der Waals surface area contributed by atoms with E-state index in [1.54, 1.807) is 18.2 Å². The van der Waals surface area contributed by atoms with Gasteiger partial charge in [0.15, 0.2) is 9.84 Å². The first-order valence-corrected chi connectivity index (χ1v) is 20.1. The molecule has 0 bridgehead atoms. The molecule has 3 aliphatic heterocycles. The molecule has 0 spiro atoms. The molecule has 50 heavy (non-hydrogen) atoms. The number of anilines is 1. The number of rotatable bonds is 13. The van der Waals surface area contributed by atoms with Crippen molar-refractivity contribution in [3.8, 4) is 0 Å². The van der Waals surface area contributed by atoms with Gasteiger partial charge >= 0.3 is 11.9 Å². The number of esters is 2. The van der Waals surface area contributed by atoms with E-state index in [0.717, 1.165) is 88.9 Å². The Labute approximate surface area is 296 Å². The molecule has 0 aromatic heterocycles. The number of likely N-dealkylation sites (tertiary alicyclic amines) is 2. The van der Waals surface area contributed by atoms with Gasteiger partial charge in [0.1, 0.15) is 11.2 Å². The number of hydrogen-bond acceptors (Lipinski definition) is 9. The van der Waals surface area contributed by atoms with Crippen molar-refractivity contribution < 1.29 is 31.9 Å². The second-order valence-corrected chi connectivity index (χ2v) is 17.9. The third kappa shape index (κ3) is 6.70. The normalized spacial score (nSPS) is 25.7. The monoisotopic (exact) mass is 709 g/mol. The number of ether oxygens (including phenoxy) is 2. The lowest BCUT2D eigenvalue weighted by Crippen LogP contribution is -2.66. The van der Waals surface area contributed by atoms with Crippen LogP contribution in [0.4, 0.5) is 10.1 Å². The van der Waals surface area contributed by atoms with Crippen LogP contribution in [0.15, 0.2) is 53.4 Å². The standard InChI is InChI=1S/C39H52FN3O6S/c1-48-36(44)22-28-6-3-9-35(28)39(27-41-18-5-19-41,30-7-4-8-31(40)23-30)29-16-20-42(21-17-29)24-38(37(45)49-2)25-43(26-38)32-10-12-33(13-11-32)50(46,47)34-14-15-34/h4,7-8,10-13,23,28-29,34-35H,3,5-6,9,14-22,24-27H2,1-2H3/t28-,35+,39+/m1/s1. The van der Waals surface area contributed by atoms with Crippen LogP contribution in [0.5, 0.6) is 0 Å². The summed E-state index contributed by atoms with van der Waals surface area (Å²) in [5.41, 5.74) is 0.994. The van der Waals surface area contributed by atoms with Crippen LogP contribution in [0.1, 0.15) is 63.4 Å². The predicted octanol–water partition coefficient (Wildman–Crippen LogP) is 5.08. The van der Waals surface area contributed by atoms with Crippen LogP contribution in [0.3, 0.4) is 0 Å². The highest BCUT2D eigenvalue weighted by molar-refractivity contribution is 7.92. The third-order valence-corrected chi connectivity index (χ3v) is 15.0. The van der Waals surface area contributed by atoms with Crippen LogP contribution in [-0.2, 0) is 34.3 Å². The van der Waals surface area contributed by atoms with Crippen LogP contribution >= 0.6 is 0 Å². The van der Waals surface area contributed by atoms with Crippen LogP contribution < -0.4 is 4.90 Å². The van der Waals surface area contributed by atoms with E-state index in [4.69, 9.17) is 9.47 Å². The van der Waals surface area contributed by atoms with Crippen molar-refractivity contribution in [3.63, 3.8) is 0 Å². The van der Waals surface area contributed by atoms with Crippen molar-refractivity contribution in [1.29, 1.82) is 0 Å². The molecule has 11 heteroatoms. The van der Waals surface area contributed by atoms with Gasteiger partial charge in [-0.05, 0) is 131 Å². The second kappa shape index (κ2) is 14.2. The summed E-state index contributed by atoms with van der Waals surface area (Å²) in [5.74, 6) is 0.123. The largest absolute Gasteiger partial charge is 0.469 e. The summed E-state index contributed by atoms with van der Waals surface area (Å²) in [5, 5.41) is -0.248. The van der Waals surface area contributed by atoms with E-state index in [1.165, 1.54) is 26.7 Å². The number of benzene rings is 2. The molecule has 5 aliphatic rings. The van der Waals surface area contributed by atoms with Crippen LogP contribution in [0, 0.1) is 29.0 Å². The van der Waals surface area contributed by atoms with Crippen molar-refractivity contribution in [2.75, 3.05) is 71.5 Å². The van der Waals surface area contributed by atoms with Crippen LogP contribution in [0.2, 0.25) is 0 Å². The lowest BCUT2D eigenvalue weighted by Gasteiger charge is -2.55. The summed E-state index contributed by atoms with van der Waals surface area (Å²) in [4.78, 5) is 33.4. The fraction of sp³-hybridized carbons (Fsp3) is 0.641. The highest BCUT2D eigenvalue weighted by atomic mass is 32.2. The smallest absolute Gasteiger partial charge is 0.316 e. The van der Waals surface area contributed by atoms with Gasteiger partial charge in [-0.1, -0.05) is 18.6 Å². The lowest BCUT2D eigenvalue weighted by molar-refractivity contribution is -0.156. The Morgan fingerprint density at radius 2 is 1.60 bits per heavy atom. The average molecular weight is 710 g/mol. The van der Waals surface area contributed by atoms with Gasteiger partial charge in [-0.2, -0.15) is 0 Å². The average Bonchev–Trinajstić information content (AvgIpc) is 3.86. The number of carbonyl (C=O) groups excluding carboxylic acids is 2. The van der Waals surface area contributed by atoms with Gasteiger partial charge in [0.2, 0.25) is 0 Å². The first-order chi connectivity index (χ1) is 24.1. The van der Waals surface area contributed by atoms with Gasteiger partial charge in [-0.25, -0.2) is 12.8 Å². The zero-order valence-electron chi connectivity index (χ0n) is 29.5. The zero-order chi connectivity index (χ0) is 35.1. The Balaban J connectivity index is 1.09. The number of halogens is 1. The highest BCUT2D eigenvalue weighted by Gasteiger charge is 2.55. The van der Waals surface area contributed by atoms with Crippen LogP contribution in [0.25, 0.3) is 0 Å². The number of nitrogens with zero attached hydrogens (tertiary/aromatic N) is 3. The number of sulfone groups is 1. The molecule has 0 amide bonds.